The van der Waals surface area contributed by atoms with Crippen molar-refractivity contribution in [3.05, 3.63) is 17.5 Å². The van der Waals surface area contributed by atoms with E-state index in [1.807, 2.05) is 31.8 Å². The van der Waals surface area contributed by atoms with Gasteiger partial charge in [-0.25, -0.2) is 0 Å². The van der Waals surface area contributed by atoms with E-state index in [0.29, 0.717) is 6.54 Å². The van der Waals surface area contributed by atoms with E-state index >= 15 is 0 Å². The van der Waals surface area contributed by atoms with Gasteiger partial charge in [-0.05, 0) is 20.8 Å². The van der Waals surface area contributed by atoms with Crippen molar-refractivity contribution in [2.75, 3.05) is 25.9 Å². The minimum absolute atomic E-state index is 0.276. The van der Waals surface area contributed by atoms with Crippen LogP contribution < -0.4 is 5.32 Å². The number of aliphatic imine (C=N–C) groups is 1. The first kappa shape index (κ1) is 14.2. The van der Waals surface area contributed by atoms with E-state index in [9.17, 15) is 0 Å². The van der Waals surface area contributed by atoms with Crippen LogP contribution in [0.2, 0.25) is 0 Å². The third-order valence-electron chi connectivity index (χ3n) is 3.03. The molecule has 1 aromatic rings. The summed E-state index contributed by atoms with van der Waals surface area (Å²) in [5.41, 5.74) is 0.905. The molecule has 0 aromatic carbocycles. The van der Waals surface area contributed by atoms with E-state index in [1.54, 1.807) is 0 Å². The van der Waals surface area contributed by atoms with Gasteiger partial charge in [0, 0.05) is 36.7 Å². The summed E-state index contributed by atoms with van der Waals surface area (Å²) in [5.74, 6) is 2.90. The van der Waals surface area contributed by atoms with E-state index in [-0.39, 0.29) is 4.75 Å². The first-order valence-corrected chi connectivity index (χ1v) is 7.50. The monoisotopic (exact) mass is 282 g/mol. The summed E-state index contributed by atoms with van der Waals surface area (Å²) in [6, 6.07) is 1.94. The molecule has 0 saturated carbocycles. The van der Waals surface area contributed by atoms with Crippen LogP contribution in [0.1, 0.15) is 25.3 Å². The maximum atomic E-state index is 5.20. The Hall–Kier alpha value is -1.17. The topological polar surface area (TPSA) is 53.7 Å². The summed E-state index contributed by atoms with van der Waals surface area (Å²) >= 11 is 2.02. The Labute approximate surface area is 118 Å². The lowest BCUT2D eigenvalue weighted by atomic mass is 10.2. The Morgan fingerprint density at radius 1 is 1.63 bits per heavy atom. The fourth-order valence-corrected chi connectivity index (χ4v) is 3.31. The molecule has 2 heterocycles. The molecule has 19 heavy (non-hydrogen) atoms. The molecular formula is C13H22N4OS. The third kappa shape index (κ3) is 3.89. The van der Waals surface area contributed by atoms with Crippen molar-refractivity contribution in [3.63, 3.8) is 0 Å². The SMILES string of the molecule is CN=C(NCc1cc(C)no1)N1CCSC(C)(C)C1. The average Bonchev–Trinajstić information content (AvgIpc) is 2.75. The van der Waals surface area contributed by atoms with E-state index in [1.165, 1.54) is 0 Å². The lowest BCUT2D eigenvalue weighted by Gasteiger charge is -2.39. The highest BCUT2D eigenvalue weighted by Crippen LogP contribution is 2.29. The maximum absolute atomic E-state index is 5.20. The van der Waals surface area contributed by atoms with Crippen molar-refractivity contribution in [2.24, 2.45) is 4.99 Å². The molecule has 5 nitrogen and oxygen atoms in total. The fraction of sp³-hybridized carbons (Fsp3) is 0.692. The van der Waals surface area contributed by atoms with Gasteiger partial charge in [0.25, 0.3) is 0 Å². The molecule has 1 aromatic heterocycles. The van der Waals surface area contributed by atoms with Gasteiger partial charge in [-0.1, -0.05) is 5.16 Å². The highest BCUT2D eigenvalue weighted by Gasteiger charge is 2.28. The molecule has 0 unspecified atom stereocenters. The third-order valence-corrected chi connectivity index (χ3v) is 4.33. The summed E-state index contributed by atoms with van der Waals surface area (Å²) in [4.78, 5) is 6.66. The van der Waals surface area contributed by atoms with Crippen molar-refractivity contribution < 1.29 is 4.52 Å². The second-order valence-corrected chi connectivity index (χ2v) is 7.17. The number of aromatic nitrogens is 1. The summed E-state index contributed by atoms with van der Waals surface area (Å²) in [7, 11) is 1.82. The molecular weight excluding hydrogens is 260 g/mol. The molecule has 0 bridgehead atoms. The summed E-state index contributed by atoms with van der Waals surface area (Å²) in [6.45, 7) is 9.13. The van der Waals surface area contributed by atoms with Gasteiger partial charge < -0.3 is 14.7 Å². The van der Waals surface area contributed by atoms with Crippen LogP contribution in [0.25, 0.3) is 0 Å². The first-order chi connectivity index (χ1) is 9.00. The van der Waals surface area contributed by atoms with Gasteiger partial charge in [-0.3, -0.25) is 4.99 Å². The van der Waals surface area contributed by atoms with Gasteiger partial charge in [0.05, 0.1) is 12.2 Å². The molecule has 0 aliphatic carbocycles. The zero-order valence-corrected chi connectivity index (χ0v) is 12.9. The van der Waals surface area contributed by atoms with Gasteiger partial charge in [0.1, 0.15) is 0 Å². The van der Waals surface area contributed by atoms with Gasteiger partial charge >= 0.3 is 0 Å². The number of hydrogen-bond donors (Lipinski definition) is 1. The molecule has 106 valence electrons. The van der Waals surface area contributed by atoms with Crippen molar-refractivity contribution in [2.45, 2.75) is 32.1 Å². The Balaban J connectivity index is 1.93. The number of nitrogens with one attached hydrogen (secondary N) is 1. The van der Waals surface area contributed by atoms with Gasteiger partial charge in [0.2, 0.25) is 0 Å². The second kappa shape index (κ2) is 5.86. The van der Waals surface area contributed by atoms with Crippen molar-refractivity contribution >= 4 is 17.7 Å². The van der Waals surface area contributed by atoms with E-state index in [0.717, 1.165) is 36.3 Å². The van der Waals surface area contributed by atoms with Crippen LogP contribution in [0, 0.1) is 6.92 Å². The van der Waals surface area contributed by atoms with E-state index in [4.69, 9.17) is 4.52 Å². The molecule has 6 heteroatoms. The predicted molar refractivity (Wildman–Crippen MR) is 79.5 cm³/mol. The smallest absolute Gasteiger partial charge is 0.194 e. The molecule has 1 N–H and O–H groups in total. The highest BCUT2D eigenvalue weighted by molar-refractivity contribution is 8.00. The Kier molecular flexibility index (Phi) is 4.39. The number of aryl methyl sites for hydroxylation is 1. The van der Waals surface area contributed by atoms with E-state index in [2.05, 4.69) is 34.2 Å². The van der Waals surface area contributed by atoms with Crippen LogP contribution in [0.15, 0.2) is 15.6 Å². The first-order valence-electron chi connectivity index (χ1n) is 6.52. The van der Waals surface area contributed by atoms with Crippen LogP contribution in [0.5, 0.6) is 0 Å². The van der Waals surface area contributed by atoms with Gasteiger partial charge in [0.15, 0.2) is 11.7 Å². The average molecular weight is 282 g/mol. The predicted octanol–water partition coefficient (Wildman–Crippen LogP) is 1.89. The van der Waals surface area contributed by atoms with Gasteiger partial charge in [-0.2, -0.15) is 11.8 Å². The molecule has 0 atom stereocenters. The van der Waals surface area contributed by atoms with Gasteiger partial charge in [-0.15, -0.1) is 0 Å². The zero-order valence-electron chi connectivity index (χ0n) is 12.1. The Morgan fingerprint density at radius 2 is 2.42 bits per heavy atom. The summed E-state index contributed by atoms with van der Waals surface area (Å²) in [6.07, 6.45) is 0. The zero-order chi connectivity index (χ0) is 13.9. The number of thioether (sulfide) groups is 1. The lowest BCUT2D eigenvalue weighted by molar-refractivity contribution is 0.358. The van der Waals surface area contributed by atoms with Crippen LogP contribution in [0.3, 0.4) is 0 Å². The second-order valence-electron chi connectivity index (χ2n) is 5.37. The number of rotatable bonds is 2. The number of hydrogen-bond acceptors (Lipinski definition) is 4. The minimum atomic E-state index is 0.276. The lowest BCUT2D eigenvalue weighted by Crippen LogP contribution is -2.50. The van der Waals surface area contributed by atoms with E-state index < -0.39 is 0 Å². The maximum Gasteiger partial charge on any atom is 0.194 e. The fourth-order valence-electron chi connectivity index (χ4n) is 2.20. The van der Waals surface area contributed by atoms with Crippen LogP contribution in [0.4, 0.5) is 0 Å². The van der Waals surface area contributed by atoms with Crippen LogP contribution in [-0.2, 0) is 6.54 Å². The molecule has 1 fully saturated rings. The van der Waals surface area contributed by atoms with Crippen molar-refractivity contribution in [1.82, 2.24) is 15.4 Å². The molecule has 1 saturated heterocycles. The largest absolute Gasteiger partial charge is 0.359 e. The van der Waals surface area contributed by atoms with Crippen LogP contribution in [-0.4, -0.2) is 46.7 Å². The Morgan fingerprint density at radius 3 is 3.00 bits per heavy atom. The molecule has 0 spiro atoms. The molecule has 2 rings (SSSR count). The number of nitrogens with zero attached hydrogens (tertiary/aromatic N) is 3. The quantitative estimate of drug-likeness (QED) is 0.663. The van der Waals surface area contributed by atoms with Crippen LogP contribution >= 0.6 is 11.8 Å². The number of guanidine groups is 1. The molecule has 0 radical (unpaired) electrons. The molecule has 1 aliphatic heterocycles. The normalized spacial score (nSPS) is 19.6. The van der Waals surface area contributed by atoms with Crippen molar-refractivity contribution in [3.8, 4) is 0 Å². The van der Waals surface area contributed by atoms with Crippen molar-refractivity contribution in [1.29, 1.82) is 0 Å². The minimum Gasteiger partial charge on any atom is -0.359 e. The Bertz CT molecular complexity index is 455. The highest BCUT2D eigenvalue weighted by atomic mass is 32.2. The summed E-state index contributed by atoms with van der Waals surface area (Å²) in [5, 5.41) is 7.22. The molecule has 0 amide bonds. The summed E-state index contributed by atoms with van der Waals surface area (Å²) < 4.78 is 5.47. The molecule has 1 aliphatic rings. The standard InChI is InChI=1S/C13H22N4OS/c1-10-7-11(18-16-10)8-15-12(14-4)17-5-6-19-13(2,3)9-17/h7H,5-6,8-9H2,1-4H3,(H,14,15).